The normalized spacial score (nSPS) is 28.2. The molecular formula is C12H22N2O2. The average molecular weight is 226 g/mol. The maximum absolute atomic E-state index is 12.1. The van der Waals surface area contributed by atoms with Crippen LogP contribution in [0.15, 0.2) is 0 Å². The topological polar surface area (TPSA) is 52.6 Å². The second-order valence-corrected chi connectivity index (χ2v) is 5.22. The number of likely N-dealkylation sites (N-methyl/N-ethyl adjacent to an activating group) is 1. The summed E-state index contributed by atoms with van der Waals surface area (Å²) < 4.78 is 0. The Morgan fingerprint density at radius 2 is 2.31 bits per heavy atom. The molecule has 16 heavy (non-hydrogen) atoms. The molecule has 4 heteroatoms. The van der Waals surface area contributed by atoms with Crippen molar-refractivity contribution in [3.63, 3.8) is 0 Å². The number of aliphatic hydroxyl groups is 1. The van der Waals surface area contributed by atoms with Crippen molar-refractivity contribution in [3.8, 4) is 0 Å². The molecule has 0 bridgehead atoms. The summed E-state index contributed by atoms with van der Waals surface area (Å²) in [6.07, 6.45) is 5.23. The highest BCUT2D eigenvalue weighted by molar-refractivity contribution is 5.82. The first-order valence-electron chi connectivity index (χ1n) is 6.28. The molecule has 1 saturated carbocycles. The lowest BCUT2D eigenvalue weighted by molar-refractivity contribution is -0.136. The number of nitrogens with zero attached hydrogens (tertiary/aromatic N) is 1. The minimum Gasteiger partial charge on any atom is -0.396 e. The molecule has 92 valence electrons. The molecule has 2 fully saturated rings. The SMILES string of the molecule is CNC1CCCN(CC2(CCO)CC2)C1=O. The number of nitrogens with one attached hydrogen (secondary N) is 1. The van der Waals surface area contributed by atoms with Crippen molar-refractivity contribution in [2.45, 2.75) is 38.1 Å². The van der Waals surface area contributed by atoms with E-state index in [1.165, 1.54) is 12.8 Å². The Kier molecular flexibility index (Phi) is 3.50. The van der Waals surface area contributed by atoms with Gasteiger partial charge in [0.1, 0.15) is 0 Å². The van der Waals surface area contributed by atoms with Crippen LogP contribution in [0.2, 0.25) is 0 Å². The van der Waals surface area contributed by atoms with E-state index in [2.05, 4.69) is 5.32 Å². The van der Waals surface area contributed by atoms with Crippen molar-refractivity contribution in [2.75, 3.05) is 26.7 Å². The lowest BCUT2D eigenvalue weighted by atomic mass is 9.98. The fourth-order valence-electron chi connectivity index (χ4n) is 2.67. The molecular weight excluding hydrogens is 204 g/mol. The predicted molar refractivity (Wildman–Crippen MR) is 62.0 cm³/mol. The molecule has 1 saturated heterocycles. The van der Waals surface area contributed by atoms with E-state index in [9.17, 15) is 4.79 Å². The molecule has 0 spiro atoms. The monoisotopic (exact) mass is 226 g/mol. The number of hydrogen-bond acceptors (Lipinski definition) is 3. The van der Waals surface area contributed by atoms with Gasteiger partial charge in [-0.05, 0) is 44.6 Å². The Balaban J connectivity index is 1.91. The molecule has 1 aliphatic carbocycles. The number of carbonyl (C=O) groups is 1. The van der Waals surface area contributed by atoms with Crippen LogP contribution in [-0.2, 0) is 4.79 Å². The summed E-state index contributed by atoms with van der Waals surface area (Å²) in [7, 11) is 1.85. The third-order valence-corrected chi connectivity index (χ3v) is 4.00. The standard InChI is InChI=1S/C12H22N2O2/c1-13-10-3-2-7-14(11(10)16)9-12(4-5-12)6-8-15/h10,13,15H,2-9H2,1H3. The van der Waals surface area contributed by atoms with Gasteiger partial charge in [0.2, 0.25) is 5.91 Å². The molecule has 1 amide bonds. The van der Waals surface area contributed by atoms with Crippen LogP contribution in [-0.4, -0.2) is 48.7 Å². The first kappa shape index (κ1) is 11.9. The van der Waals surface area contributed by atoms with Crippen LogP contribution in [0.1, 0.15) is 32.1 Å². The first-order chi connectivity index (χ1) is 7.71. The van der Waals surface area contributed by atoms with Gasteiger partial charge in [-0.25, -0.2) is 0 Å². The minimum atomic E-state index is 0.0127. The number of rotatable bonds is 5. The Bertz CT molecular complexity index is 264. The summed E-state index contributed by atoms with van der Waals surface area (Å²) in [4.78, 5) is 14.1. The fraction of sp³-hybridized carbons (Fsp3) is 0.917. The van der Waals surface area contributed by atoms with Gasteiger partial charge in [-0.1, -0.05) is 0 Å². The fourth-order valence-corrected chi connectivity index (χ4v) is 2.67. The van der Waals surface area contributed by atoms with Crippen LogP contribution in [0.25, 0.3) is 0 Å². The van der Waals surface area contributed by atoms with E-state index in [4.69, 9.17) is 5.11 Å². The highest BCUT2D eigenvalue weighted by Gasteiger charge is 2.45. The second kappa shape index (κ2) is 4.72. The number of aliphatic hydroxyl groups excluding tert-OH is 1. The molecule has 0 aromatic heterocycles. The smallest absolute Gasteiger partial charge is 0.239 e. The quantitative estimate of drug-likeness (QED) is 0.711. The number of amides is 1. The van der Waals surface area contributed by atoms with Gasteiger partial charge in [0, 0.05) is 19.7 Å². The number of carbonyl (C=O) groups excluding carboxylic acids is 1. The van der Waals surface area contributed by atoms with Gasteiger partial charge >= 0.3 is 0 Å². The molecule has 0 radical (unpaired) electrons. The van der Waals surface area contributed by atoms with E-state index in [1.807, 2.05) is 11.9 Å². The summed E-state index contributed by atoms with van der Waals surface area (Å²) in [5.41, 5.74) is 0.250. The van der Waals surface area contributed by atoms with Gasteiger partial charge in [-0.15, -0.1) is 0 Å². The summed E-state index contributed by atoms with van der Waals surface area (Å²) >= 11 is 0. The van der Waals surface area contributed by atoms with E-state index in [1.54, 1.807) is 0 Å². The Morgan fingerprint density at radius 3 is 2.88 bits per heavy atom. The molecule has 1 atom stereocenters. The van der Waals surface area contributed by atoms with Crippen molar-refractivity contribution in [2.24, 2.45) is 5.41 Å². The van der Waals surface area contributed by atoms with Crippen molar-refractivity contribution < 1.29 is 9.90 Å². The van der Waals surface area contributed by atoms with Crippen molar-refractivity contribution in [1.82, 2.24) is 10.2 Å². The van der Waals surface area contributed by atoms with Crippen LogP contribution < -0.4 is 5.32 Å². The Morgan fingerprint density at radius 1 is 1.56 bits per heavy atom. The minimum absolute atomic E-state index is 0.0127. The molecule has 0 aromatic rings. The number of piperidine rings is 1. The Labute approximate surface area is 97.0 Å². The van der Waals surface area contributed by atoms with E-state index >= 15 is 0 Å². The van der Waals surface area contributed by atoms with E-state index in [-0.39, 0.29) is 24.0 Å². The zero-order chi connectivity index (χ0) is 11.6. The largest absolute Gasteiger partial charge is 0.396 e. The van der Waals surface area contributed by atoms with Gasteiger partial charge in [-0.3, -0.25) is 4.79 Å². The molecule has 0 aromatic carbocycles. The molecule has 1 aliphatic heterocycles. The summed E-state index contributed by atoms with van der Waals surface area (Å²) in [5.74, 6) is 0.248. The molecule has 2 aliphatic rings. The van der Waals surface area contributed by atoms with E-state index in [0.29, 0.717) is 0 Å². The van der Waals surface area contributed by atoms with Gasteiger partial charge in [0.05, 0.1) is 6.04 Å². The maximum Gasteiger partial charge on any atom is 0.239 e. The third kappa shape index (κ3) is 2.38. The zero-order valence-electron chi connectivity index (χ0n) is 10.0. The molecule has 2 N–H and O–H groups in total. The van der Waals surface area contributed by atoms with Gasteiger partial charge in [-0.2, -0.15) is 0 Å². The predicted octanol–water partition coefficient (Wildman–Crippen LogP) is 0.359. The number of likely N-dealkylation sites (tertiary alicyclic amines) is 1. The lowest BCUT2D eigenvalue weighted by Crippen LogP contribution is -2.51. The van der Waals surface area contributed by atoms with E-state index < -0.39 is 0 Å². The van der Waals surface area contributed by atoms with Gasteiger partial charge in [0.25, 0.3) is 0 Å². The van der Waals surface area contributed by atoms with E-state index in [0.717, 1.165) is 32.4 Å². The summed E-state index contributed by atoms with van der Waals surface area (Å²) in [6.45, 7) is 1.99. The van der Waals surface area contributed by atoms with Crippen LogP contribution in [0.3, 0.4) is 0 Å². The lowest BCUT2D eigenvalue weighted by Gasteiger charge is -2.34. The molecule has 2 rings (SSSR count). The summed E-state index contributed by atoms with van der Waals surface area (Å²) in [6, 6.07) is 0.0127. The van der Waals surface area contributed by atoms with Crippen molar-refractivity contribution in [1.29, 1.82) is 0 Å². The third-order valence-electron chi connectivity index (χ3n) is 4.00. The molecule has 1 unspecified atom stereocenters. The van der Waals surface area contributed by atoms with Gasteiger partial charge in [0.15, 0.2) is 0 Å². The average Bonchev–Trinajstić information content (AvgIpc) is 3.02. The van der Waals surface area contributed by atoms with Crippen LogP contribution >= 0.6 is 0 Å². The highest BCUT2D eigenvalue weighted by atomic mass is 16.3. The zero-order valence-corrected chi connectivity index (χ0v) is 10.0. The number of hydrogen-bond donors (Lipinski definition) is 2. The first-order valence-corrected chi connectivity index (χ1v) is 6.28. The molecule has 4 nitrogen and oxygen atoms in total. The van der Waals surface area contributed by atoms with Crippen LogP contribution in [0, 0.1) is 5.41 Å². The summed E-state index contributed by atoms with van der Waals surface area (Å²) in [5, 5.41) is 12.1. The highest BCUT2D eigenvalue weighted by Crippen LogP contribution is 2.49. The Hall–Kier alpha value is -0.610. The maximum atomic E-state index is 12.1. The van der Waals surface area contributed by atoms with Gasteiger partial charge < -0.3 is 15.3 Å². The van der Waals surface area contributed by atoms with Crippen LogP contribution in [0.5, 0.6) is 0 Å². The van der Waals surface area contributed by atoms with Crippen molar-refractivity contribution >= 4 is 5.91 Å². The second-order valence-electron chi connectivity index (χ2n) is 5.22. The van der Waals surface area contributed by atoms with Crippen molar-refractivity contribution in [3.05, 3.63) is 0 Å². The molecule has 1 heterocycles. The van der Waals surface area contributed by atoms with Crippen LogP contribution in [0.4, 0.5) is 0 Å².